The zero-order valence-corrected chi connectivity index (χ0v) is 17.2. The minimum Gasteiger partial charge on any atom is -0.465 e. The molecule has 1 aromatic carbocycles. The van der Waals surface area contributed by atoms with E-state index < -0.39 is 32.6 Å². The number of sulfonamides is 1. The second-order valence-corrected chi connectivity index (χ2v) is 8.09. The maximum atomic E-state index is 14.3. The molecule has 0 unspecified atom stereocenters. The molecule has 1 aliphatic heterocycles. The first kappa shape index (κ1) is 23.2. The summed E-state index contributed by atoms with van der Waals surface area (Å²) < 4.78 is 56.0. The molecule has 0 aliphatic carbocycles. The van der Waals surface area contributed by atoms with Crippen LogP contribution in [0.1, 0.15) is 17.3 Å². The summed E-state index contributed by atoms with van der Waals surface area (Å²) in [5, 5.41) is 0. The van der Waals surface area contributed by atoms with Crippen molar-refractivity contribution in [2.45, 2.75) is 11.8 Å². The number of halogens is 1. The van der Waals surface area contributed by atoms with Gasteiger partial charge in [-0.3, -0.25) is 9.59 Å². The number of nitrogens with zero attached hydrogens (tertiary/aromatic N) is 2. The molecule has 0 bridgehead atoms. The van der Waals surface area contributed by atoms with Crippen molar-refractivity contribution in [3.8, 4) is 0 Å². The van der Waals surface area contributed by atoms with E-state index in [9.17, 15) is 22.4 Å². The normalized spacial score (nSPS) is 15.1. The van der Waals surface area contributed by atoms with E-state index in [4.69, 9.17) is 14.2 Å². The zero-order chi connectivity index (χ0) is 21.4. The van der Waals surface area contributed by atoms with Crippen molar-refractivity contribution in [3.63, 3.8) is 0 Å². The Kier molecular flexibility index (Phi) is 8.50. The zero-order valence-electron chi connectivity index (χ0n) is 16.4. The van der Waals surface area contributed by atoms with Gasteiger partial charge in [0.25, 0.3) is 5.91 Å². The fourth-order valence-electron chi connectivity index (χ4n) is 2.76. The van der Waals surface area contributed by atoms with Crippen LogP contribution < -0.4 is 0 Å². The van der Waals surface area contributed by atoms with Gasteiger partial charge in [-0.2, -0.15) is 4.31 Å². The van der Waals surface area contributed by atoms with Crippen LogP contribution in [0.3, 0.4) is 0 Å². The van der Waals surface area contributed by atoms with E-state index in [1.165, 1.54) is 18.1 Å². The molecule has 2 rings (SSSR count). The van der Waals surface area contributed by atoms with E-state index in [1.807, 2.05) is 0 Å². The van der Waals surface area contributed by atoms with Crippen LogP contribution in [0.2, 0.25) is 0 Å². The van der Waals surface area contributed by atoms with Gasteiger partial charge in [0, 0.05) is 32.3 Å². The van der Waals surface area contributed by atoms with Gasteiger partial charge in [0.05, 0.1) is 26.4 Å². The molecule has 29 heavy (non-hydrogen) atoms. The molecule has 162 valence electrons. The highest BCUT2D eigenvalue weighted by molar-refractivity contribution is 7.89. The Morgan fingerprint density at radius 2 is 1.97 bits per heavy atom. The second kappa shape index (κ2) is 10.6. The van der Waals surface area contributed by atoms with Gasteiger partial charge in [0.2, 0.25) is 10.0 Å². The van der Waals surface area contributed by atoms with Crippen LogP contribution in [0.15, 0.2) is 23.1 Å². The van der Waals surface area contributed by atoms with Crippen LogP contribution in [0.5, 0.6) is 0 Å². The lowest BCUT2D eigenvalue weighted by molar-refractivity contribution is -0.143. The highest BCUT2D eigenvalue weighted by Crippen LogP contribution is 2.22. The van der Waals surface area contributed by atoms with Gasteiger partial charge in [-0.15, -0.1) is 0 Å². The number of morpholine rings is 1. The monoisotopic (exact) mass is 432 g/mol. The number of esters is 1. The number of benzene rings is 1. The Bertz CT molecular complexity index is 825. The van der Waals surface area contributed by atoms with Gasteiger partial charge in [-0.25, -0.2) is 12.8 Å². The highest BCUT2D eigenvalue weighted by Gasteiger charge is 2.30. The van der Waals surface area contributed by atoms with E-state index in [0.717, 1.165) is 16.4 Å². The molecule has 0 aromatic heterocycles. The lowest BCUT2D eigenvalue weighted by Gasteiger charge is -2.26. The molecular weight excluding hydrogens is 407 g/mol. The summed E-state index contributed by atoms with van der Waals surface area (Å²) in [5.41, 5.74) is -0.0568. The lowest BCUT2D eigenvalue weighted by Crippen LogP contribution is -2.41. The topological polar surface area (TPSA) is 102 Å². The average Bonchev–Trinajstić information content (AvgIpc) is 2.71. The van der Waals surface area contributed by atoms with Crippen LogP contribution in [-0.2, 0) is 29.0 Å². The summed E-state index contributed by atoms with van der Waals surface area (Å²) >= 11 is 0. The van der Waals surface area contributed by atoms with Gasteiger partial charge >= 0.3 is 5.97 Å². The second-order valence-electron chi connectivity index (χ2n) is 6.19. The maximum absolute atomic E-state index is 14.3. The Labute approximate surface area is 169 Å². The molecule has 1 aliphatic rings. The number of methoxy groups -OCH3 is 1. The van der Waals surface area contributed by atoms with Crippen molar-refractivity contribution in [1.29, 1.82) is 0 Å². The van der Waals surface area contributed by atoms with E-state index in [-0.39, 0.29) is 58.2 Å². The third kappa shape index (κ3) is 5.95. The Morgan fingerprint density at radius 3 is 2.59 bits per heavy atom. The largest absolute Gasteiger partial charge is 0.465 e. The molecule has 0 saturated carbocycles. The van der Waals surface area contributed by atoms with Crippen molar-refractivity contribution in [1.82, 2.24) is 9.21 Å². The summed E-state index contributed by atoms with van der Waals surface area (Å²) in [4.78, 5) is 25.3. The first-order chi connectivity index (χ1) is 13.8. The van der Waals surface area contributed by atoms with Gasteiger partial charge < -0.3 is 19.1 Å². The molecule has 9 nitrogen and oxygen atoms in total. The fourth-order valence-corrected chi connectivity index (χ4v) is 4.26. The molecule has 0 radical (unpaired) electrons. The quantitative estimate of drug-likeness (QED) is 0.524. The van der Waals surface area contributed by atoms with E-state index in [0.29, 0.717) is 0 Å². The average molecular weight is 432 g/mol. The number of hydrogen-bond donors (Lipinski definition) is 0. The number of ether oxygens (including phenoxy) is 3. The molecule has 1 aromatic rings. The standard InChI is InChI=1S/C18H25FN2O7S/c1-3-28-17(22)13-20(6-9-26-2)18(23)14-4-5-15(19)16(12-14)29(24,25)21-7-10-27-11-8-21/h4-5,12H,3,6-11,13H2,1-2H3. The molecule has 1 saturated heterocycles. The molecule has 1 amide bonds. The summed E-state index contributed by atoms with van der Waals surface area (Å²) in [6.45, 7) is 2.33. The van der Waals surface area contributed by atoms with Gasteiger partial charge in [-0.05, 0) is 25.1 Å². The van der Waals surface area contributed by atoms with Crippen molar-refractivity contribution in [2.75, 3.05) is 59.7 Å². The Hall–Kier alpha value is -2.08. The van der Waals surface area contributed by atoms with E-state index in [2.05, 4.69) is 0 Å². The number of hydrogen-bond acceptors (Lipinski definition) is 7. The van der Waals surface area contributed by atoms with Gasteiger partial charge in [-0.1, -0.05) is 0 Å². The van der Waals surface area contributed by atoms with Crippen molar-refractivity contribution in [3.05, 3.63) is 29.6 Å². The van der Waals surface area contributed by atoms with Crippen LogP contribution in [-0.4, -0.2) is 89.2 Å². The minimum absolute atomic E-state index is 0.0568. The molecular formula is C18H25FN2O7S. The van der Waals surface area contributed by atoms with Crippen molar-refractivity contribution >= 4 is 21.9 Å². The highest BCUT2D eigenvalue weighted by atomic mass is 32.2. The van der Waals surface area contributed by atoms with Gasteiger partial charge in [0.1, 0.15) is 17.3 Å². The molecule has 0 atom stereocenters. The summed E-state index contributed by atoms with van der Waals surface area (Å²) in [6.07, 6.45) is 0. The molecule has 1 fully saturated rings. The molecule has 11 heteroatoms. The predicted octanol–water partition coefficient (Wildman–Crippen LogP) is 0.498. The molecule has 0 spiro atoms. The van der Waals surface area contributed by atoms with Crippen molar-refractivity contribution in [2.24, 2.45) is 0 Å². The van der Waals surface area contributed by atoms with Crippen molar-refractivity contribution < 1.29 is 36.6 Å². The smallest absolute Gasteiger partial charge is 0.325 e. The van der Waals surface area contributed by atoms with E-state index >= 15 is 0 Å². The fraction of sp³-hybridized carbons (Fsp3) is 0.556. The molecule has 1 heterocycles. The van der Waals surface area contributed by atoms with Gasteiger partial charge in [0.15, 0.2) is 0 Å². The SMILES string of the molecule is CCOC(=O)CN(CCOC)C(=O)c1ccc(F)c(S(=O)(=O)N2CCOCC2)c1. The first-order valence-electron chi connectivity index (χ1n) is 9.12. The number of amides is 1. The Balaban J connectivity index is 2.31. The summed E-state index contributed by atoms with van der Waals surface area (Å²) in [7, 11) is -2.69. The third-order valence-corrected chi connectivity index (χ3v) is 6.16. The maximum Gasteiger partial charge on any atom is 0.325 e. The van der Waals surface area contributed by atoms with Crippen LogP contribution in [0, 0.1) is 5.82 Å². The van der Waals surface area contributed by atoms with Crippen LogP contribution in [0.25, 0.3) is 0 Å². The summed E-state index contributed by atoms with van der Waals surface area (Å²) in [6, 6.07) is 3.10. The number of rotatable bonds is 9. The predicted molar refractivity (Wildman–Crippen MR) is 100 cm³/mol. The number of carbonyl (C=O) groups is 2. The number of carbonyl (C=O) groups excluding carboxylic acids is 2. The summed E-state index contributed by atoms with van der Waals surface area (Å²) in [5.74, 6) is -2.20. The molecule has 0 N–H and O–H groups in total. The lowest BCUT2D eigenvalue weighted by atomic mass is 10.2. The van der Waals surface area contributed by atoms with Crippen LogP contribution in [0.4, 0.5) is 4.39 Å². The van der Waals surface area contributed by atoms with Crippen LogP contribution >= 0.6 is 0 Å². The Morgan fingerprint density at radius 1 is 1.28 bits per heavy atom. The third-order valence-electron chi connectivity index (χ3n) is 4.24. The first-order valence-corrected chi connectivity index (χ1v) is 10.6. The van der Waals surface area contributed by atoms with E-state index in [1.54, 1.807) is 6.92 Å². The minimum atomic E-state index is -4.13.